The Morgan fingerprint density at radius 2 is 0.775 bits per heavy atom. The van der Waals surface area contributed by atoms with E-state index in [2.05, 4.69) is 148 Å². The zero-order valence-electron chi connectivity index (χ0n) is 45.9. The minimum Gasteiger partial charge on any atom is -0.457 e. The Morgan fingerprint density at radius 3 is 1.15 bits per heavy atom. The molecule has 404 valence electrons. The van der Waals surface area contributed by atoms with Crippen molar-refractivity contribution in [1.82, 2.24) is 0 Å². The number of hydrogen-bond acceptors (Lipinski definition) is 6. The molecule has 0 amide bonds. The maximum Gasteiger partial charge on any atom is 0.472 e. The minimum absolute atomic E-state index is 0.0742. The van der Waals surface area contributed by atoms with Crippen molar-refractivity contribution in [2.24, 2.45) is 0 Å². The number of allylic oxidation sites excluding steroid dienone is 22. The summed E-state index contributed by atoms with van der Waals surface area (Å²) >= 11 is 0. The molecule has 1 N–H and O–H groups in total. The van der Waals surface area contributed by atoms with Crippen molar-refractivity contribution >= 4 is 13.8 Å². The lowest BCUT2D eigenvalue weighted by atomic mass is 10.0. The molecule has 2 atom stereocenters. The summed E-state index contributed by atoms with van der Waals surface area (Å²) in [4.78, 5) is 23.1. The Hall–Kier alpha value is -3.36. The van der Waals surface area contributed by atoms with Crippen LogP contribution in [0.2, 0.25) is 0 Å². The van der Waals surface area contributed by atoms with Gasteiger partial charge in [0.2, 0.25) is 0 Å². The molecule has 0 aliphatic rings. The van der Waals surface area contributed by atoms with E-state index < -0.39 is 13.9 Å². The fourth-order valence-electron chi connectivity index (χ4n) is 6.99. The summed E-state index contributed by atoms with van der Waals surface area (Å²) in [6.07, 6.45) is 77.9. The predicted octanol–water partition coefficient (Wildman–Crippen LogP) is 17.8. The topological polar surface area (TPSA) is 91.3 Å². The first kappa shape index (κ1) is 67.6. The number of phosphoric acid groups is 1. The molecule has 0 fully saturated rings. The van der Waals surface area contributed by atoms with Gasteiger partial charge >= 0.3 is 13.8 Å². The molecule has 0 saturated heterocycles. The van der Waals surface area contributed by atoms with Gasteiger partial charge in [0, 0.05) is 13.0 Å². The molecule has 0 aromatic heterocycles. The van der Waals surface area contributed by atoms with Crippen molar-refractivity contribution in [3.05, 3.63) is 134 Å². The molecule has 0 rings (SSSR count). The molecule has 0 aliphatic carbocycles. The van der Waals surface area contributed by atoms with E-state index in [1.807, 2.05) is 21.1 Å². The molecule has 0 radical (unpaired) electrons. The average molecular weight is 1010 g/mol. The average Bonchev–Trinajstić information content (AvgIpc) is 3.33. The molecular weight excluding hydrogens is 902 g/mol. The van der Waals surface area contributed by atoms with Crippen molar-refractivity contribution in [1.29, 1.82) is 0 Å². The number of quaternary nitrogens is 1. The van der Waals surface area contributed by atoms with Crippen molar-refractivity contribution in [3.8, 4) is 0 Å². The van der Waals surface area contributed by atoms with Crippen molar-refractivity contribution in [3.63, 3.8) is 0 Å². The molecule has 8 nitrogen and oxygen atoms in total. The third-order valence-corrected chi connectivity index (χ3v) is 12.2. The van der Waals surface area contributed by atoms with E-state index in [1.54, 1.807) is 0 Å². The summed E-state index contributed by atoms with van der Waals surface area (Å²) in [7, 11) is 1.62. The number of esters is 1. The molecule has 71 heavy (non-hydrogen) atoms. The monoisotopic (exact) mass is 1010 g/mol. The molecule has 0 saturated carbocycles. The lowest BCUT2D eigenvalue weighted by Gasteiger charge is -2.24. The summed E-state index contributed by atoms with van der Waals surface area (Å²) in [5, 5.41) is 0. The first-order valence-corrected chi connectivity index (χ1v) is 29.4. The SMILES string of the molecule is CC/C=C\C/C=C\C/C=C\C/C=C\C/C=C\C/C=C\C/C=C\CCCCCCOCC(COP(=O)(O)OCC[N+](C)(C)C)OC(=O)CCCCCCCCCCCC/C=C\C/C=C\C/C=C\C/C=C\CC. The first-order chi connectivity index (χ1) is 34.6. The highest BCUT2D eigenvalue weighted by atomic mass is 31.2. The van der Waals surface area contributed by atoms with E-state index in [0.29, 0.717) is 24.1 Å². The Morgan fingerprint density at radius 1 is 0.437 bits per heavy atom. The van der Waals surface area contributed by atoms with Crippen LogP contribution < -0.4 is 0 Å². The van der Waals surface area contributed by atoms with Crippen LogP contribution in [0.3, 0.4) is 0 Å². The van der Waals surface area contributed by atoms with Crippen LogP contribution in [0.4, 0.5) is 0 Å². The van der Waals surface area contributed by atoms with Gasteiger partial charge in [0.15, 0.2) is 0 Å². The van der Waals surface area contributed by atoms with E-state index in [1.165, 1.54) is 51.4 Å². The lowest BCUT2D eigenvalue weighted by Crippen LogP contribution is -2.37. The highest BCUT2D eigenvalue weighted by Gasteiger charge is 2.26. The zero-order chi connectivity index (χ0) is 51.9. The van der Waals surface area contributed by atoms with Gasteiger partial charge in [-0.25, -0.2) is 4.57 Å². The van der Waals surface area contributed by atoms with Gasteiger partial charge < -0.3 is 18.9 Å². The van der Waals surface area contributed by atoms with Crippen LogP contribution >= 0.6 is 7.82 Å². The van der Waals surface area contributed by atoms with Crippen molar-refractivity contribution in [2.45, 2.75) is 200 Å². The van der Waals surface area contributed by atoms with E-state index >= 15 is 0 Å². The van der Waals surface area contributed by atoms with Gasteiger partial charge in [-0.3, -0.25) is 13.8 Å². The third kappa shape index (κ3) is 57.4. The minimum atomic E-state index is -4.30. The molecule has 0 bridgehead atoms. The Kier molecular flexibility index (Phi) is 50.4. The number of phosphoric ester groups is 1. The Bertz CT molecular complexity index is 1590. The van der Waals surface area contributed by atoms with Crippen LogP contribution in [0.1, 0.15) is 194 Å². The summed E-state index contributed by atoms with van der Waals surface area (Å²) in [5.74, 6) is -0.333. The number of carbonyl (C=O) groups excluding carboxylic acids is 1. The molecule has 0 aliphatic heterocycles. The maximum atomic E-state index is 12.8. The van der Waals surface area contributed by atoms with E-state index in [9.17, 15) is 14.3 Å². The number of unbranched alkanes of at least 4 members (excludes halogenated alkanes) is 14. The summed E-state index contributed by atoms with van der Waals surface area (Å²) < 4.78 is 35.2. The molecule has 0 spiro atoms. The molecule has 2 unspecified atom stereocenters. The highest BCUT2D eigenvalue weighted by molar-refractivity contribution is 7.47. The second-order valence-electron chi connectivity index (χ2n) is 19.2. The second kappa shape index (κ2) is 52.9. The van der Waals surface area contributed by atoms with E-state index in [4.69, 9.17) is 18.5 Å². The van der Waals surface area contributed by atoms with Crippen LogP contribution in [0.15, 0.2) is 134 Å². The van der Waals surface area contributed by atoms with Crippen molar-refractivity contribution < 1.29 is 37.3 Å². The Balaban J connectivity index is 4.21. The van der Waals surface area contributed by atoms with Gasteiger partial charge in [0.05, 0.1) is 34.4 Å². The zero-order valence-corrected chi connectivity index (χ0v) is 46.8. The largest absolute Gasteiger partial charge is 0.472 e. The van der Waals surface area contributed by atoms with Crippen molar-refractivity contribution in [2.75, 3.05) is 54.1 Å². The smallest absolute Gasteiger partial charge is 0.457 e. The van der Waals surface area contributed by atoms with Crippen LogP contribution in [-0.2, 0) is 27.9 Å². The molecule has 0 aromatic rings. The molecule has 0 heterocycles. The van der Waals surface area contributed by atoms with Gasteiger partial charge in [-0.15, -0.1) is 0 Å². The second-order valence-corrected chi connectivity index (χ2v) is 20.7. The third-order valence-electron chi connectivity index (χ3n) is 11.2. The van der Waals surface area contributed by atoms with Gasteiger partial charge in [-0.1, -0.05) is 212 Å². The molecule has 0 aromatic carbocycles. The number of ether oxygens (including phenoxy) is 2. The molecular formula is C62H105NO7P+. The number of nitrogens with zero attached hydrogens (tertiary/aromatic N) is 1. The molecule has 9 heteroatoms. The number of hydrogen-bond donors (Lipinski definition) is 1. The fraction of sp³-hybridized carbons (Fsp3) is 0.629. The van der Waals surface area contributed by atoms with Crippen LogP contribution in [-0.4, -0.2) is 75.6 Å². The van der Waals surface area contributed by atoms with Gasteiger partial charge in [-0.05, 0) is 109 Å². The summed E-state index contributed by atoms with van der Waals surface area (Å²) in [6, 6.07) is 0. The number of likely N-dealkylation sites (N-methyl/N-ethyl adjacent to an activating group) is 1. The van der Waals surface area contributed by atoms with Gasteiger partial charge in [0.25, 0.3) is 0 Å². The maximum absolute atomic E-state index is 12.8. The number of carbonyl (C=O) groups is 1. The van der Waals surface area contributed by atoms with Gasteiger partial charge in [0.1, 0.15) is 19.3 Å². The van der Waals surface area contributed by atoms with Crippen LogP contribution in [0.5, 0.6) is 0 Å². The normalized spacial score (nSPS) is 14.5. The highest BCUT2D eigenvalue weighted by Crippen LogP contribution is 2.43. The summed E-state index contributed by atoms with van der Waals surface area (Å²) in [5.41, 5.74) is 0. The van der Waals surface area contributed by atoms with Crippen LogP contribution in [0.25, 0.3) is 0 Å². The predicted molar refractivity (Wildman–Crippen MR) is 306 cm³/mol. The van der Waals surface area contributed by atoms with E-state index in [-0.39, 0.29) is 25.8 Å². The van der Waals surface area contributed by atoms with Crippen LogP contribution in [0, 0.1) is 0 Å². The van der Waals surface area contributed by atoms with Gasteiger partial charge in [-0.2, -0.15) is 0 Å². The van der Waals surface area contributed by atoms with E-state index in [0.717, 1.165) is 122 Å². The first-order valence-electron chi connectivity index (χ1n) is 27.9. The number of rotatable bonds is 50. The summed E-state index contributed by atoms with van der Waals surface area (Å²) in [6.45, 7) is 5.30. The quantitative estimate of drug-likeness (QED) is 0.0213. The standard InChI is InChI=1S/C62H104NO7P/c1-6-8-10-12-14-16-18-20-22-24-26-28-30-31-32-34-36-38-40-42-44-46-48-50-52-54-57-67-59-61(60-69-71(65,66)68-58-56-63(3,4)5)70-62(64)55-53-51-49-47-45-43-41-39-37-35-33-29-27-25-23-21-19-17-15-13-11-9-7-2/h8-11,14-17,20-23,26-29,31-32,36,38,42,44,61H,6-7,12-13,18-19,24-25,30,33-35,37,39-41,43,45-60H2,1-5H3/p+1/b10-8-,11-9-,16-14-,17-15-,22-20-,23-21-,28-26-,29-27-,32-31-,38-36-,44-42-. The lowest BCUT2D eigenvalue weighted by molar-refractivity contribution is -0.870. The Labute approximate surface area is 436 Å². The fourth-order valence-corrected chi connectivity index (χ4v) is 7.74.